The molecule has 4 amide bonds. The van der Waals surface area contributed by atoms with Gasteiger partial charge in [-0.15, -0.1) is 10.2 Å². The van der Waals surface area contributed by atoms with Crippen molar-refractivity contribution in [3.05, 3.63) is 0 Å². The fourth-order valence-corrected chi connectivity index (χ4v) is 0.485. The number of nitrogens with zero attached hydrogens (tertiary/aromatic N) is 2. The van der Waals surface area contributed by atoms with E-state index in [0.29, 0.717) is 0 Å². The van der Waals surface area contributed by atoms with E-state index in [1.54, 1.807) is 21.8 Å². The van der Waals surface area contributed by atoms with Crippen molar-refractivity contribution in [3.8, 4) is 0 Å². The number of hydrogen-bond acceptors (Lipinski definition) is 7. The molecule has 0 aromatic carbocycles. The minimum Gasteiger partial charge on any atom is -0.366 e. The fourth-order valence-electron chi connectivity index (χ4n) is 0.485. The summed E-state index contributed by atoms with van der Waals surface area (Å²) in [4.78, 5) is 39.7. The molecule has 0 aliphatic heterocycles. The maximum absolute atomic E-state index is 10.9. The molecule has 0 aliphatic rings. The Morgan fingerprint density at radius 2 is 1.10 bits per heavy atom. The summed E-state index contributed by atoms with van der Waals surface area (Å²) in [6.45, 7) is 0. The third-order valence-electron chi connectivity index (χ3n) is 1.05. The lowest BCUT2D eigenvalue weighted by Crippen LogP contribution is -2.41. The molecule has 0 aromatic rings. The summed E-state index contributed by atoms with van der Waals surface area (Å²) in [5.41, 5.74) is 26.6. The highest BCUT2D eigenvalue weighted by Gasteiger charge is 2.06. The zero-order valence-electron chi connectivity index (χ0n) is 9.75. The van der Waals surface area contributed by atoms with Crippen molar-refractivity contribution in [2.24, 2.45) is 33.1 Å². The Labute approximate surface area is 110 Å². The Balaban J connectivity index is 3.95. The number of nitrogens with two attached hydrogens (primary N) is 4. The third kappa shape index (κ3) is 9.57. The van der Waals surface area contributed by atoms with Gasteiger partial charge < -0.3 is 32.6 Å². The number of rotatable bonds is 2. The van der Waals surface area contributed by atoms with E-state index in [-0.39, 0.29) is 0 Å². The lowest BCUT2D eigenvalue weighted by molar-refractivity contribution is 0.0177. The number of amides is 4. The molecule has 15 nitrogen and oxygen atoms in total. The summed E-state index contributed by atoms with van der Waals surface area (Å²) in [7, 11) is 0. The van der Waals surface area contributed by atoms with Gasteiger partial charge in [0.2, 0.25) is 11.9 Å². The van der Waals surface area contributed by atoms with E-state index in [9.17, 15) is 14.4 Å². The number of nitrogens with one attached hydrogen (secondary N) is 4. The summed E-state index contributed by atoms with van der Waals surface area (Å²) < 4.78 is 0. The first-order valence-corrected chi connectivity index (χ1v) is 4.48. The van der Waals surface area contributed by atoms with Crippen LogP contribution < -0.4 is 44.7 Å². The monoisotopic (exact) mass is 292 g/mol. The maximum Gasteiger partial charge on any atom is 0.558 e. The smallest absolute Gasteiger partial charge is 0.366 e. The molecule has 0 saturated carbocycles. The van der Waals surface area contributed by atoms with E-state index < -0.39 is 30.1 Å². The number of hydroxylamine groups is 2. The van der Waals surface area contributed by atoms with Crippen molar-refractivity contribution in [1.29, 1.82) is 0 Å². The zero-order chi connectivity index (χ0) is 15.5. The number of primary amides is 2. The van der Waals surface area contributed by atoms with E-state index in [2.05, 4.69) is 31.3 Å². The van der Waals surface area contributed by atoms with Crippen LogP contribution in [0, 0.1) is 0 Å². The average molecular weight is 292 g/mol. The van der Waals surface area contributed by atoms with Gasteiger partial charge in [0.15, 0.2) is 0 Å². The zero-order valence-corrected chi connectivity index (χ0v) is 9.75. The Kier molecular flexibility index (Phi) is 6.90. The predicted octanol–water partition coefficient (Wildman–Crippen LogP) is -4.06. The second-order valence-corrected chi connectivity index (χ2v) is 2.60. The van der Waals surface area contributed by atoms with Gasteiger partial charge in [-0.2, -0.15) is 15.8 Å². The van der Waals surface area contributed by atoms with Crippen molar-refractivity contribution in [1.82, 2.24) is 21.8 Å². The molecule has 15 heteroatoms. The van der Waals surface area contributed by atoms with Crippen LogP contribution in [0.15, 0.2) is 10.2 Å². The third-order valence-corrected chi connectivity index (χ3v) is 1.05. The summed E-state index contributed by atoms with van der Waals surface area (Å²) in [5.74, 6) is -1.00. The molecule has 12 N–H and O–H groups in total. The van der Waals surface area contributed by atoms with Gasteiger partial charge >= 0.3 is 18.2 Å². The quantitative estimate of drug-likeness (QED) is 0.140. The highest BCUT2D eigenvalue weighted by atomic mass is 16.9. The van der Waals surface area contributed by atoms with Crippen LogP contribution in [0.5, 0.6) is 0 Å². The van der Waals surface area contributed by atoms with Crippen molar-refractivity contribution < 1.29 is 24.1 Å². The second kappa shape index (κ2) is 8.44. The molecular formula is C5H12N10O5. The summed E-state index contributed by atoms with van der Waals surface area (Å²) in [6, 6.07) is -1.96. The normalized spacial score (nSPS) is 11.0. The van der Waals surface area contributed by atoms with Gasteiger partial charge in [0.25, 0.3) is 0 Å². The van der Waals surface area contributed by atoms with Crippen molar-refractivity contribution in [2.75, 3.05) is 0 Å². The average Bonchev–Trinajstić information content (AvgIpc) is 2.37. The molecule has 0 unspecified atom stereocenters. The standard InChI is InChI=1S/C5H12N10O5/c6-1(10-12-3(8)16)14-19-5(18)20-15-2(7)11-13-4(9)17/h(H3,6,10,14)(H3,7,11,15)(H3,8,12,16)(H3,9,13,17). The van der Waals surface area contributed by atoms with Gasteiger partial charge in [0.1, 0.15) is 0 Å². The number of hydrogen-bond donors (Lipinski definition) is 8. The van der Waals surface area contributed by atoms with Crippen molar-refractivity contribution >= 4 is 30.1 Å². The molecule has 0 rings (SSSR count). The molecule has 0 radical (unpaired) electrons. The number of hydrazone groups is 2. The Bertz CT molecular complexity index is 394. The van der Waals surface area contributed by atoms with Crippen LogP contribution in [-0.2, 0) is 9.68 Å². The predicted molar refractivity (Wildman–Crippen MR) is 62.5 cm³/mol. The van der Waals surface area contributed by atoms with Crippen LogP contribution in [-0.4, -0.2) is 30.1 Å². The van der Waals surface area contributed by atoms with E-state index in [0.717, 1.165) is 0 Å². The molecule has 0 heterocycles. The SMILES string of the molecule is NC(=O)NN=C(N)NOC(=O)ONC(N)=NNC(N)=O. The minimum atomic E-state index is -1.35. The Morgan fingerprint density at radius 3 is 1.40 bits per heavy atom. The number of carbonyl (C=O) groups excluding carboxylic acids is 3. The van der Waals surface area contributed by atoms with Crippen LogP contribution in [0.4, 0.5) is 14.4 Å². The van der Waals surface area contributed by atoms with Gasteiger partial charge in [0, 0.05) is 0 Å². The van der Waals surface area contributed by atoms with Crippen molar-refractivity contribution in [3.63, 3.8) is 0 Å². The summed E-state index contributed by atoms with van der Waals surface area (Å²) >= 11 is 0. The second-order valence-electron chi connectivity index (χ2n) is 2.60. The van der Waals surface area contributed by atoms with Crippen molar-refractivity contribution in [2.45, 2.75) is 0 Å². The van der Waals surface area contributed by atoms with Crippen LogP contribution in [0.1, 0.15) is 0 Å². The van der Waals surface area contributed by atoms with E-state index in [1.807, 2.05) is 0 Å². The Morgan fingerprint density at radius 1 is 0.750 bits per heavy atom. The van der Waals surface area contributed by atoms with Gasteiger partial charge in [-0.1, -0.05) is 0 Å². The first-order valence-electron chi connectivity index (χ1n) is 4.48. The lowest BCUT2D eigenvalue weighted by Gasteiger charge is -2.06. The summed E-state index contributed by atoms with van der Waals surface area (Å²) in [6.07, 6.45) is -1.35. The molecule has 20 heavy (non-hydrogen) atoms. The molecule has 0 fully saturated rings. The molecule has 112 valence electrons. The van der Waals surface area contributed by atoms with Crippen LogP contribution >= 0.6 is 0 Å². The fraction of sp³-hybridized carbons (Fsp3) is 0. The van der Waals surface area contributed by atoms with Gasteiger partial charge in [-0.3, -0.25) is 0 Å². The lowest BCUT2D eigenvalue weighted by atomic mass is 11.0. The van der Waals surface area contributed by atoms with Gasteiger partial charge in [0.05, 0.1) is 0 Å². The Hall–Kier alpha value is -3.65. The van der Waals surface area contributed by atoms with Crippen LogP contribution in [0.2, 0.25) is 0 Å². The number of urea groups is 2. The highest BCUT2D eigenvalue weighted by Crippen LogP contribution is 1.77. The van der Waals surface area contributed by atoms with Gasteiger partial charge in [-0.05, 0) is 0 Å². The molecule has 0 saturated heterocycles. The topological polar surface area (TPSA) is 247 Å². The molecule has 0 bridgehead atoms. The molecule has 0 aliphatic carbocycles. The number of carbonyl (C=O) groups is 3. The summed E-state index contributed by atoms with van der Waals surface area (Å²) in [5, 5.41) is 6.27. The molecule has 0 atom stereocenters. The maximum atomic E-state index is 10.9. The first kappa shape index (κ1) is 16.3. The molecule has 0 aromatic heterocycles. The molecular weight excluding hydrogens is 280 g/mol. The van der Waals surface area contributed by atoms with Crippen LogP contribution in [0.25, 0.3) is 0 Å². The van der Waals surface area contributed by atoms with E-state index in [1.165, 1.54) is 0 Å². The highest BCUT2D eigenvalue weighted by molar-refractivity contribution is 5.81. The number of guanidine groups is 2. The van der Waals surface area contributed by atoms with E-state index >= 15 is 0 Å². The minimum absolute atomic E-state index is 0.502. The molecule has 0 spiro atoms. The van der Waals surface area contributed by atoms with E-state index in [4.69, 9.17) is 11.5 Å². The first-order chi connectivity index (χ1) is 9.31. The van der Waals surface area contributed by atoms with Gasteiger partial charge in [-0.25, -0.2) is 20.4 Å². The largest absolute Gasteiger partial charge is 0.558 e. The van der Waals surface area contributed by atoms with Crippen LogP contribution in [0.3, 0.4) is 0 Å².